The normalized spacial score (nSPS) is 12.9. The fourth-order valence-corrected chi connectivity index (χ4v) is 1.53. The Kier molecular flexibility index (Phi) is 6.19. The maximum Gasteiger partial charge on any atom is 0.120 e. The van der Waals surface area contributed by atoms with Crippen LogP contribution in [-0.4, -0.2) is 19.8 Å². The van der Waals surface area contributed by atoms with Gasteiger partial charge in [-0.05, 0) is 45.4 Å². The lowest BCUT2D eigenvalue weighted by molar-refractivity contribution is 0.131. The Morgan fingerprint density at radius 2 is 2.19 bits per heavy atom. The number of nitrogens with one attached hydrogen (secondary N) is 1. The molecule has 1 N–H and O–H groups in total. The second-order valence-corrected chi connectivity index (χ2v) is 4.09. The van der Waals surface area contributed by atoms with E-state index in [-0.39, 0.29) is 6.04 Å². The molecule has 16 heavy (non-hydrogen) atoms. The maximum absolute atomic E-state index is 5.55. The maximum atomic E-state index is 5.55. The Hall–Kier alpha value is -0.800. The molecule has 3 heteroatoms. The molecule has 0 saturated heterocycles. The molecule has 0 aliphatic carbocycles. The highest BCUT2D eigenvalue weighted by Gasteiger charge is 2.07. The summed E-state index contributed by atoms with van der Waals surface area (Å²) in [7, 11) is 0. The molecule has 0 spiro atoms. The Morgan fingerprint density at radius 1 is 1.38 bits per heavy atom. The lowest BCUT2D eigenvalue weighted by Gasteiger charge is -2.11. The van der Waals surface area contributed by atoms with Crippen LogP contribution in [0.3, 0.4) is 0 Å². The molecule has 3 nitrogen and oxygen atoms in total. The van der Waals surface area contributed by atoms with Gasteiger partial charge in [-0.25, -0.2) is 0 Å². The van der Waals surface area contributed by atoms with Crippen molar-refractivity contribution >= 4 is 0 Å². The minimum absolute atomic E-state index is 0.278. The van der Waals surface area contributed by atoms with Gasteiger partial charge in [0.05, 0.1) is 6.04 Å². The summed E-state index contributed by atoms with van der Waals surface area (Å²) in [5, 5.41) is 3.42. The van der Waals surface area contributed by atoms with Gasteiger partial charge < -0.3 is 14.5 Å². The molecule has 0 saturated carbocycles. The Labute approximate surface area is 98.2 Å². The van der Waals surface area contributed by atoms with Crippen LogP contribution in [0.5, 0.6) is 0 Å². The first-order valence-electron chi connectivity index (χ1n) is 6.11. The second-order valence-electron chi connectivity index (χ2n) is 4.09. The average Bonchev–Trinajstić information content (AvgIpc) is 2.70. The summed E-state index contributed by atoms with van der Waals surface area (Å²) in [6.07, 6.45) is 2.14. The van der Waals surface area contributed by atoms with E-state index in [2.05, 4.69) is 19.2 Å². The zero-order valence-corrected chi connectivity index (χ0v) is 10.6. The van der Waals surface area contributed by atoms with E-state index in [0.717, 1.165) is 44.1 Å². The molecule has 1 heterocycles. The quantitative estimate of drug-likeness (QED) is 0.690. The molecule has 0 radical (unpaired) electrons. The Bertz CT molecular complexity index is 283. The van der Waals surface area contributed by atoms with E-state index >= 15 is 0 Å². The Balaban J connectivity index is 2.09. The third-order valence-corrected chi connectivity index (χ3v) is 2.45. The van der Waals surface area contributed by atoms with Crippen LogP contribution < -0.4 is 5.32 Å². The summed E-state index contributed by atoms with van der Waals surface area (Å²) in [5.41, 5.74) is 0. The molecule has 0 amide bonds. The third kappa shape index (κ3) is 4.81. The minimum atomic E-state index is 0.278. The van der Waals surface area contributed by atoms with Gasteiger partial charge in [0.1, 0.15) is 11.5 Å². The van der Waals surface area contributed by atoms with E-state index in [9.17, 15) is 0 Å². The van der Waals surface area contributed by atoms with Crippen LogP contribution >= 0.6 is 0 Å². The lowest BCUT2D eigenvalue weighted by Crippen LogP contribution is -2.20. The molecule has 0 aliphatic rings. The molecular formula is C13H23NO2. The fraction of sp³-hybridized carbons (Fsp3) is 0.692. The average molecular weight is 225 g/mol. The molecule has 1 aromatic rings. The molecule has 1 unspecified atom stereocenters. The number of ether oxygens (including phenoxy) is 1. The van der Waals surface area contributed by atoms with Crippen molar-refractivity contribution in [2.24, 2.45) is 0 Å². The summed E-state index contributed by atoms with van der Waals surface area (Å²) < 4.78 is 11.0. The van der Waals surface area contributed by atoms with Crippen LogP contribution in [0.1, 0.15) is 44.3 Å². The number of aryl methyl sites for hydroxylation is 1. The monoisotopic (exact) mass is 225 g/mol. The van der Waals surface area contributed by atoms with E-state index in [1.807, 2.05) is 19.1 Å². The molecule has 1 aromatic heterocycles. The van der Waals surface area contributed by atoms with Crippen molar-refractivity contribution in [3.8, 4) is 0 Å². The number of rotatable bonds is 8. The molecular weight excluding hydrogens is 202 g/mol. The van der Waals surface area contributed by atoms with Crippen LogP contribution in [0.25, 0.3) is 0 Å². The van der Waals surface area contributed by atoms with Crippen LogP contribution in [0.4, 0.5) is 0 Å². The minimum Gasteiger partial charge on any atom is -0.465 e. The first-order chi connectivity index (χ1) is 7.74. The summed E-state index contributed by atoms with van der Waals surface area (Å²) in [4.78, 5) is 0. The van der Waals surface area contributed by atoms with Crippen molar-refractivity contribution in [2.75, 3.05) is 19.8 Å². The van der Waals surface area contributed by atoms with Gasteiger partial charge in [-0.2, -0.15) is 0 Å². The smallest absolute Gasteiger partial charge is 0.120 e. The molecule has 1 atom stereocenters. The molecule has 0 bridgehead atoms. The molecule has 0 aliphatic heterocycles. The molecule has 0 aromatic carbocycles. The van der Waals surface area contributed by atoms with Crippen molar-refractivity contribution in [2.45, 2.75) is 39.7 Å². The van der Waals surface area contributed by atoms with Crippen LogP contribution in [0.2, 0.25) is 0 Å². The van der Waals surface area contributed by atoms with Crippen LogP contribution in [-0.2, 0) is 4.74 Å². The van der Waals surface area contributed by atoms with Crippen molar-refractivity contribution in [3.05, 3.63) is 23.7 Å². The number of hydrogen-bond donors (Lipinski definition) is 1. The van der Waals surface area contributed by atoms with Crippen LogP contribution in [0, 0.1) is 6.92 Å². The summed E-state index contributed by atoms with van der Waals surface area (Å²) >= 11 is 0. The standard InChI is InChI=1S/C13H23NO2/c1-4-9-15-10-5-8-14-12(3)13-7-6-11(2)16-13/h6-7,12,14H,4-5,8-10H2,1-3H3. The topological polar surface area (TPSA) is 34.4 Å². The van der Waals surface area contributed by atoms with E-state index in [1.165, 1.54) is 0 Å². The first kappa shape index (κ1) is 13.3. The zero-order valence-electron chi connectivity index (χ0n) is 10.6. The highest BCUT2D eigenvalue weighted by atomic mass is 16.5. The van der Waals surface area contributed by atoms with Gasteiger partial charge in [-0.1, -0.05) is 6.92 Å². The zero-order chi connectivity index (χ0) is 11.8. The number of furan rings is 1. The highest BCUT2D eigenvalue weighted by Crippen LogP contribution is 2.15. The second kappa shape index (κ2) is 7.47. The predicted molar refractivity (Wildman–Crippen MR) is 65.6 cm³/mol. The van der Waals surface area contributed by atoms with Gasteiger partial charge in [0.2, 0.25) is 0 Å². The lowest BCUT2D eigenvalue weighted by atomic mass is 10.2. The van der Waals surface area contributed by atoms with Crippen molar-refractivity contribution in [1.29, 1.82) is 0 Å². The highest BCUT2D eigenvalue weighted by molar-refractivity contribution is 5.08. The molecule has 1 rings (SSSR count). The van der Waals surface area contributed by atoms with Gasteiger partial charge in [0, 0.05) is 13.2 Å². The van der Waals surface area contributed by atoms with Crippen molar-refractivity contribution in [1.82, 2.24) is 5.32 Å². The fourth-order valence-electron chi connectivity index (χ4n) is 1.53. The van der Waals surface area contributed by atoms with Gasteiger partial charge in [-0.3, -0.25) is 0 Å². The largest absolute Gasteiger partial charge is 0.465 e. The first-order valence-corrected chi connectivity index (χ1v) is 6.11. The molecule has 0 fully saturated rings. The van der Waals surface area contributed by atoms with Crippen LogP contribution in [0.15, 0.2) is 16.5 Å². The van der Waals surface area contributed by atoms with E-state index in [0.29, 0.717) is 0 Å². The Morgan fingerprint density at radius 3 is 2.81 bits per heavy atom. The number of hydrogen-bond acceptors (Lipinski definition) is 3. The van der Waals surface area contributed by atoms with E-state index < -0.39 is 0 Å². The SMILES string of the molecule is CCCOCCCNC(C)c1ccc(C)o1. The molecule has 92 valence electrons. The predicted octanol–water partition coefficient (Wildman–Crippen LogP) is 3.06. The van der Waals surface area contributed by atoms with Gasteiger partial charge >= 0.3 is 0 Å². The summed E-state index contributed by atoms with van der Waals surface area (Å²) in [6.45, 7) is 8.88. The summed E-state index contributed by atoms with van der Waals surface area (Å²) in [6, 6.07) is 4.30. The van der Waals surface area contributed by atoms with Crippen molar-refractivity contribution < 1.29 is 9.15 Å². The summed E-state index contributed by atoms with van der Waals surface area (Å²) in [5.74, 6) is 1.97. The van der Waals surface area contributed by atoms with Crippen molar-refractivity contribution in [3.63, 3.8) is 0 Å². The third-order valence-electron chi connectivity index (χ3n) is 2.45. The van der Waals surface area contributed by atoms with E-state index in [1.54, 1.807) is 0 Å². The van der Waals surface area contributed by atoms with Gasteiger partial charge in [0.25, 0.3) is 0 Å². The van der Waals surface area contributed by atoms with Gasteiger partial charge in [-0.15, -0.1) is 0 Å². The van der Waals surface area contributed by atoms with Gasteiger partial charge in [0.15, 0.2) is 0 Å². The van der Waals surface area contributed by atoms with E-state index in [4.69, 9.17) is 9.15 Å².